The Hall–Kier alpha value is -4.83. The van der Waals surface area contributed by atoms with Gasteiger partial charge in [-0.2, -0.15) is 74.6 Å². The van der Waals surface area contributed by atoms with Crippen LogP contribution in [0.25, 0.3) is 0 Å². The van der Waals surface area contributed by atoms with Gasteiger partial charge in [-0.05, 0) is 59.1 Å². The van der Waals surface area contributed by atoms with Crippen LogP contribution in [0.1, 0.15) is 45.8 Å². The smallest absolute Gasteiger partial charge is 0.460 e. The van der Waals surface area contributed by atoms with E-state index in [1.54, 1.807) is 12.1 Å². The zero-order valence-corrected chi connectivity index (χ0v) is 37.3. The van der Waals surface area contributed by atoms with Crippen molar-refractivity contribution in [2.75, 3.05) is 32.8 Å². The maximum Gasteiger partial charge on any atom is 0.460 e. The van der Waals surface area contributed by atoms with Crippen molar-refractivity contribution in [1.82, 2.24) is 5.48 Å². The number of carbonyl (C=O) groups excluding carboxylic acids is 2. The lowest BCUT2D eigenvalue weighted by molar-refractivity contribution is -0.461. The minimum atomic E-state index is -8.71. The SMILES string of the molecule is COc1ccc(NC(=O)O[C@@H](c2ccc(OCCO[Si](CCC(F)(F)C(F)(F)C(F)(F)C(F)(F)C(F)(F)C(F)(F)C(F)(F)C(F)(F)F)(C(C)C)C(C)C)cc2)[C@H](/C=C/C=C/C(=O)NO)OC)cc1. The van der Waals surface area contributed by atoms with Gasteiger partial charge < -0.3 is 23.4 Å². The monoisotopic (exact) mass is 1030 g/mol. The quantitative estimate of drug-likeness (QED) is 0.0171. The summed E-state index contributed by atoms with van der Waals surface area (Å²) >= 11 is 0. The average molecular weight is 1030 g/mol. The van der Waals surface area contributed by atoms with E-state index in [2.05, 4.69) is 5.32 Å². The average Bonchev–Trinajstić information content (AvgIpc) is 3.24. The van der Waals surface area contributed by atoms with Crippen LogP contribution >= 0.6 is 0 Å². The number of ether oxygens (including phenoxy) is 4. The molecule has 68 heavy (non-hydrogen) atoms. The van der Waals surface area contributed by atoms with E-state index < -0.39 is 117 Å². The van der Waals surface area contributed by atoms with Gasteiger partial charge in [0.15, 0.2) is 14.4 Å². The number of hydrogen-bond acceptors (Lipinski definition) is 8. The number of benzene rings is 2. The molecule has 0 aliphatic rings. The number of amides is 2. The van der Waals surface area contributed by atoms with Gasteiger partial charge >= 0.3 is 53.7 Å². The Kier molecular flexibility index (Phi) is 19.4. The standard InChI is InChI=1S/C40H45F17N2O8Si/c1-23(2)68(24(3)4,22-19-33(41,42)34(43,44)35(45,46)36(47,48)37(49,50)38(51,52)39(53,54)40(55,56)57)66-21-20-65-28-15-11-25(12-16-28)31(29(64-6)9-7-8-10-30(60)59-62)67-32(61)58-26-13-17-27(63-5)18-14-26/h7-18,23-24,29,31,62H,19-22H2,1-6H3,(H,58,61)(H,59,60)/b9-7+,10-8+/t29-,31-/m0/s1. The number of carbonyl (C=O) groups is 2. The molecule has 28 heteroatoms. The summed E-state index contributed by atoms with van der Waals surface area (Å²) in [6, 6.07) is 10.3. The first-order chi connectivity index (χ1) is 31.0. The zero-order chi connectivity index (χ0) is 52.5. The van der Waals surface area contributed by atoms with Crippen LogP contribution in [0.3, 0.4) is 0 Å². The van der Waals surface area contributed by atoms with E-state index in [0.29, 0.717) is 11.4 Å². The Morgan fingerprint density at radius 1 is 0.662 bits per heavy atom. The summed E-state index contributed by atoms with van der Waals surface area (Å²) in [4.78, 5) is 24.3. The summed E-state index contributed by atoms with van der Waals surface area (Å²) in [6.07, 6.45) is -8.76. The lowest BCUT2D eigenvalue weighted by Gasteiger charge is -2.44. The van der Waals surface area contributed by atoms with Gasteiger partial charge in [0.05, 0.1) is 13.7 Å². The molecule has 0 bridgehead atoms. The molecule has 2 aromatic rings. The highest BCUT2D eigenvalue weighted by Crippen LogP contribution is 2.64. The van der Waals surface area contributed by atoms with Crippen LogP contribution < -0.4 is 20.3 Å². The predicted octanol–water partition coefficient (Wildman–Crippen LogP) is 12.2. The molecule has 2 amide bonds. The maximum absolute atomic E-state index is 15.0. The van der Waals surface area contributed by atoms with E-state index in [9.17, 15) is 75.4 Å². The van der Waals surface area contributed by atoms with Crippen LogP contribution in [0.15, 0.2) is 72.8 Å². The van der Waals surface area contributed by atoms with E-state index in [4.69, 9.17) is 28.6 Å². The summed E-state index contributed by atoms with van der Waals surface area (Å²) in [5.41, 5.74) is 0.137. The molecular weight excluding hydrogens is 987 g/mol. The van der Waals surface area contributed by atoms with Gasteiger partial charge in [-0.1, -0.05) is 58.1 Å². The topological polar surface area (TPSA) is 125 Å². The van der Waals surface area contributed by atoms with Crippen molar-refractivity contribution in [2.45, 2.75) is 111 Å². The number of rotatable bonds is 25. The van der Waals surface area contributed by atoms with Crippen molar-refractivity contribution in [1.29, 1.82) is 0 Å². The molecule has 0 fully saturated rings. The van der Waals surface area contributed by atoms with Gasteiger partial charge in [-0.3, -0.25) is 15.3 Å². The minimum absolute atomic E-state index is 0.0623. The van der Waals surface area contributed by atoms with Crippen molar-refractivity contribution in [2.24, 2.45) is 0 Å². The molecule has 0 aliphatic heterocycles. The fourth-order valence-electron chi connectivity index (χ4n) is 6.42. The van der Waals surface area contributed by atoms with Crippen molar-refractivity contribution in [3.05, 3.63) is 78.4 Å². The zero-order valence-electron chi connectivity index (χ0n) is 36.3. The molecule has 2 rings (SSSR count). The molecule has 0 saturated heterocycles. The van der Waals surface area contributed by atoms with Crippen LogP contribution in [-0.4, -0.2) is 107 Å². The van der Waals surface area contributed by atoms with Crippen molar-refractivity contribution in [3.8, 4) is 11.5 Å². The van der Waals surface area contributed by atoms with Gasteiger partial charge in [0.1, 0.15) is 24.2 Å². The first-order valence-electron chi connectivity index (χ1n) is 19.5. The molecule has 0 aliphatic carbocycles. The first kappa shape index (κ1) is 59.3. The third-order valence-electron chi connectivity index (χ3n) is 10.4. The summed E-state index contributed by atoms with van der Waals surface area (Å²) < 4.78 is 264. The van der Waals surface area contributed by atoms with Crippen LogP contribution in [0, 0.1) is 0 Å². The van der Waals surface area contributed by atoms with Crippen molar-refractivity contribution in [3.63, 3.8) is 0 Å². The molecule has 0 radical (unpaired) electrons. The number of hydrogen-bond donors (Lipinski definition) is 3. The fourth-order valence-corrected chi connectivity index (χ4v) is 10.9. The maximum atomic E-state index is 15.0. The van der Waals surface area contributed by atoms with Gasteiger partial charge in [0.25, 0.3) is 5.91 Å². The fraction of sp³-hybridized carbons (Fsp3) is 0.550. The molecule has 386 valence electrons. The Balaban J connectivity index is 2.33. The number of halogens is 17. The second-order valence-corrected chi connectivity index (χ2v) is 20.3. The largest absolute Gasteiger partial charge is 0.497 e. The molecule has 0 saturated carbocycles. The Morgan fingerprint density at radius 2 is 1.15 bits per heavy atom. The Bertz CT molecular complexity index is 2010. The van der Waals surface area contributed by atoms with Gasteiger partial charge in [-0.25, -0.2) is 10.3 Å². The van der Waals surface area contributed by atoms with Crippen LogP contribution in [0.2, 0.25) is 17.1 Å². The predicted molar refractivity (Wildman–Crippen MR) is 209 cm³/mol. The number of methoxy groups -OCH3 is 2. The van der Waals surface area contributed by atoms with Gasteiger partial charge in [0, 0.05) is 25.3 Å². The number of allylic oxidation sites excluding steroid dienone is 2. The van der Waals surface area contributed by atoms with Crippen molar-refractivity contribution >= 4 is 26.0 Å². The number of alkyl halides is 17. The first-order valence-corrected chi connectivity index (χ1v) is 21.8. The van der Waals surface area contributed by atoms with Gasteiger partial charge in [0.2, 0.25) is 0 Å². The van der Waals surface area contributed by atoms with Crippen LogP contribution in [0.4, 0.5) is 85.1 Å². The Labute approximate surface area is 377 Å². The molecule has 2 atom stereocenters. The molecule has 3 N–H and O–H groups in total. The second-order valence-electron chi connectivity index (χ2n) is 15.3. The third-order valence-corrected chi connectivity index (χ3v) is 16.1. The molecule has 10 nitrogen and oxygen atoms in total. The van der Waals surface area contributed by atoms with E-state index in [-0.39, 0.29) is 11.3 Å². The molecule has 0 spiro atoms. The second kappa shape index (κ2) is 22.3. The minimum Gasteiger partial charge on any atom is -0.497 e. The number of nitrogens with one attached hydrogen (secondary N) is 2. The lowest BCUT2D eigenvalue weighted by Crippen LogP contribution is -2.74. The molecule has 2 aromatic carbocycles. The highest BCUT2D eigenvalue weighted by molar-refractivity contribution is 6.76. The third kappa shape index (κ3) is 12.3. The highest BCUT2D eigenvalue weighted by atomic mass is 28.4. The Morgan fingerprint density at radius 3 is 1.60 bits per heavy atom. The molecule has 0 unspecified atom stereocenters. The normalized spacial score (nSPS) is 15.0. The summed E-state index contributed by atoms with van der Waals surface area (Å²) in [6.45, 7) is 4.18. The van der Waals surface area contributed by atoms with E-state index >= 15 is 8.78 Å². The highest BCUT2D eigenvalue weighted by Gasteiger charge is 2.95. The summed E-state index contributed by atoms with van der Waals surface area (Å²) in [5.74, 6) is -57.3. The van der Waals surface area contributed by atoms with Crippen LogP contribution in [-0.2, 0) is 18.7 Å². The van der Waals surface area contributed by atoms with Crippen LogP contribution in [0.5, 0.6) is 11.5 Å². The molecule has 0 heterocycles. The van der Waals surface area contributed by atoms with Gasteiger partial charge in [-0.15, -0.1) is 0 Å². The lowest BCUT2D eigenvalue weighted by atomic mass is 9.88. The number of anilines is 1. The van der Waals surface area contributed by atoms with E-state index in [0.717, 1.165) is 6.08 Å². The summed E-state index contributed by atoms with van der Waals surface area (Å²) in [7, 11) is -1.36. The molecule has 0 aromatic heterocycles. The van der Waals surface area contributed by atoms with E-state index in [1.165, 1.54) is 102 Å². The molecular formula is C40H45F17N2O8Si. The van der Waals surface area contributed by atoms with Crippen molar-refractivity contribution < 1.29 is 113 Å². The summed E-state index contributed by atoms with van der Waals surface area (Å²) in [5, 5.41) is 11.2. The van der Waals surface area contributed by atoms with E-state index in [1.807, 2.05) is 0 Å². The number of hydroxylamine groups is 1.